The maximum atomic E-state index is 13.5. The number of amides is 4. The van der Waals surface area contributed by atoms with Crippen LogP contribution in [0.5, 0.6) is 0 Å². The summed E-state index contributed by atoms with van der Waals surface area (Å²) in [6.07, 6.45) is 4.18. The van der Waals surface area contributed by atoms with Crippen LogP contribution >= 0.6 is 7.37 Å². The fraction of sp³-hybridized carbons (Fsp3) is 0.267. The molecule has 0 aliphatic heterocycles. The SMILES string of the molecule is CC[C@H](NC(=O)CP(=O)(O)C(Cc1ccccc1)NC(=O)c1ccco1)C(=O)N[C@@H](C/C=C/c1ccccc1)C(N)=O. The lowest BCUT2D eigenvalue weighted by Gasteiger charge is -2.25. The second-order valence-corrected chi connectivity index (χ2v) is 12.1. The molecule has 4 amide bonds. The molecule has 0 saturated heterocycles. The van der Waals surface area contributed by atoms with E-state index < -0.39 is 55.0 Å². The van der Waals surface area contributed by atoms with Gasteiger partial charge >= 0.3 is 0 Å². The maximum absolute atomic E-state index is 13.5. The highest BCUT2D eigenvalue weighted by Crippen LogP contribution is 2.46. The molecule has 222 valence electrons. The molecule has 0 saturated carbocycles. The average Bonchev–Trinajstić information content (AvgIpc) is 3.51. The molecule has 6 N–H and O–H groups in total. The minimum atomic E-state index is -4.36. The van der Waals surface area contributed by atoms with Gasteiger partial charge in [-0.15, -0.1) is 0 Å². The van der Waals surface area contributed by atoms with E-state index in [4.69, 9.17) is 10.2 Å². The first-order valence-corrected chi connectivity index (χ1v) is 15.3. The summed E-state index contributed by atoms with van der Waals surface area (Å²) >= 11 is 0. The number of nitrogens with one attached hydrogen (secondary N) is 3. The van der Waals surface area contributed by atoms with Crippen molar-refractivity contribution < 1.29 is 33.1 Å². The molecule has 11 nitrogen and oxygen atoms in total. The Morgan fingerprint density at radius 1 is 0.929 bits per heavy atom. The van der Waals surface area contributed by atoms with Crippen LogP contribution in [0.4, 0.5) is 0 Å². The molecule has 0 fully saturated rings. The van der Waals surface area contributed by atoms with E-state index in [1.807, 2.05) is 30.3 Å². The van der Waals surface area contributed by atoms with E-state index in [-0.39, 0.29) is 25.0 Å². The molecule has 2 aromatic carbocycles. The molecule has 3 rings (SSSR count). The van der Waals surface area contributed by atoms with Crippen molar-refractivity contribution in [1.29, 1.82) is 0 Å². The van der Waals surface area contributed by atoms with Crippen molar-refractivity contribution in [2.45, 2.75) is 44.1 Å². The number of primary amides is 1. The van der Waals surface area contributed by atoms with E-state index in [2.05, 4.69) is 16.0 Å². The van der Waals surface area contributed by atoms with Crippen molar-refractivity contribution in [3.8, 4) is 0 Å². The van der Waals surface area contributed by atoms with E-state index in [1.165, 1.54) is 18.4 Å². The zero-order valence-corrected chi connectivity index (χ0v) is 24.0. The minimum Gasteiger partial charge on any atom is -0.459 e. The Balaban J connectivity index is 1.65. The van der Waals surface area contributed by atoms with Crippen LogP contribution in [0.25, 0.3) is 6.08 Å². The Bertz CT molecular complexity index is 1410. The van der Waals surface area contributed by atoms with E-state index in [9.17, 15) is 28.6 Å². The second-order valence-electron chi connectivity index (χ2n) is 9.61. The Hall–Kier alpha value is -4.47. The summed E-state index contributed by atoms with van der Waals surface area (Å²) in [5.74, 6) is -4.36. The molecule has 0 bridgehead atoms. The van der Waals surface area contributed by atoms with Gasteiger partial charge in [0.1, 0.15) is 24.0 Å². The van der Waals surface area contributed by atoms with E-state index in [1.54, 1.807) is 49.4 Å². The van der Waals surface area contributed by atoms with Crippen LogP contribution in [-0.4, -0.2) is 52.6 Å². The molecule has 0 aliphatic carbocycles. The number of hydrogen-bond donors (Lipinski definition) is 5. The fourth-order valence-corrected chi connectivity index (χ4v) is 5.63. The van der Waals surface area contributed by atoms with Gasteiger partial charge in [-0.25, -0.2) is 0 Å². The molecule has 42 heavy (non-hydrogen) atoms. The number of rotatable bonds is 15. The normalized spacial score (nSPS) is 14.7. The van der Waals surface area contributed by atoms with Gasteiger partial charge in [-0.05, 0) is 36.1 Å². The molecule has 0 radical (unpaired) electrons. The van der Waals surface area contributed by atoms with Crippen molar-refractivity contribution in [1.82, 2.24) is 16.0 Å². The van der Waals surface area contributed by atoms with Crippen LogP contribution in [0, 0.1) is 0 Å². The summed E-state index contributed by atoms with van der Waals surface area (Å²) in [4.78, 5) is 61.4. The van der Waals surface area contributed by atoms with Gasteiger partial charge in [0.2, 0.25) is 25.1 Å². The molecule has 4 atom stereocenters. The average molecular weight is 595 g/mol. The molecular formula is C30H35N4O7P. The zero-order valence-electron chi connectivity index (χ0n) is 23.1. The van der Waals surface area contributed by atoms with Crippen molar-refractivity contribution in [2.75, 3.05) is 6.16 Å². The number of benzene rings is 2. The lowest BCUT2D eigenvalue weighted by Crippen LogP contribution is -2.53. The Labute approximate surface area is 244 Å². The lowest BCUT2D eigenvalue weighted by atomic mass is 10.1. The largest absolute Gasteiger partial charge is 0.459 e. The highest BCUT2D eigenvalue weighted by atomic mass is 31.2. The number of hydrogen-bond acceptors (Lipinski definition) is 6. The van der Waals surface area contributed by atoms with Gasteiger partial charge in [0.25, 0.3) is 5.91 Å². The van der Waals surface area contributed by atoms with Crippen LogP contribution in [0.1, 0.15) is 41.4 Å². The molecule has 2 unspecified atom stereocenters. The first-order valence-electron chi connectivity index (χ1n) is 13.4. The predicted molar refractivity (Wildman–Crippen MR) is 158 cm³/mol. The van der Waals surface area contributed by atoms with Crippen molar-refractivity contribution in [3.05, 3.63) is 102 Å². The molecule has 0 aliphatic rings. The van der Waals surface area contributed by atoms with Crippen molar-refractivity contribution in [3.63, 3.8) is 0 Å². The lowest BCUT2D eigenvalue weighted by molar-refractivity contribution is -0.130. The smallest absolute Gasteiger partial charge is 0.287 e. The van der Waals surface area contributed by atoms with Gasteiger partial charge < -0.3 is 31.0 Å². The van der Waals surface area contributed by atoms with E-state index in [0.717, 1.165) is 5.56 Å². The minimum absolute atomic E-state index is 0.0250. The summed E-state index contributed by atoms with van der Waals surface area (Å²) in [6.45, 7) is 1.64. The maximum Gasteiger partial charge on any atom is 0.287 e. The summed E-state index contributed by atoms with van der Waals surface area (Å²) in [7, 11) is -4.36. The van der Waals surface area contributed by atoms with Gasteiger partial charge in [-0.3, -0.25) is 23.7 Å². The molecule has 1 heterocycles. The predicted octanol–water partition coefficient (Wildman–Crippen LogP) is 2.82. The third-order valence-corrected chi connectivity index (χ3v) is 8.40. The van der Waals surface area contributed by atoms with Crippen molar-refractivity contribution in [2.24, 2.45) is 5.73 Å². The van der Waals surface area contributed by atoms with Crippen LogP contribution in [0.3, 0.4) is 0 Å². The molecule has 1 aromatic heterocycles. The second kappa shape index (κ2) is 15.5. The monoisotopic (exact) mass is 594 g/mol. The van der Waals surface area contributed by atoms with Gasteiger partial charge in [-0.1, -0.05) is 79.7 Å². The highest BCUT2D eigenvalue weighted by Gasteiger charge is 2.36. The molecule has 12 heteroatoms. The van der Waals surface area contributed by atoms with Crippen LogP contribution in [0.2, 0.25) is 0 Å². The Morgan fingerprint density at radius 2 is 1.60 bits per heavy atom. The molecular weight excluding hydrogens is 559 g/mol. The van der Waals surface area contributed by atoms with Crippen LogP contribution in [-0.2, 0) is 25.4 Å². The number of carbonyl (C=O) groups excluding carboxylic acids is 4. The van der Waals surface area contributed by atoms with E-state index >= 15 is 0 Å². The number of furan rings is 1. The van der Waals surface area contributed by atoms with Gasteiger partial charge in [-0.2, -0.15) is 0 Å². The fourth-order valence-electron chi connectivity index (χ4n) is 4.09. The first-order chi connectivity index (χ1) is 20.1. The summed E-state index contributed by atoms with van der Waals surface area (Å²) in [5.41, 5.74) is 7.05. The van der Waals surface area contributed by atoms with Crippen molar-refractivity contribution >= 4 is 37.1 Å². The van der Waals surface area contributed by atoms with Gasteiger partial charge in [0.15, 0.2) is 5.76 Å². The third kappa shape index (κ3) is 9.87. The van der Waals surface area contributed by atoms with Gasteiger partial charge in [0, 0.05) is 6.42 Å². The number of carbonyl (C=O) groups is 4. The quantitative estimate of drug-likeness (QED) is 0.168. The Kier molecular flexibility index (Phi) is 11.8. The zero-order chi connectivity index (χ0) is 30.5. The summed E-state index contributed by atoms with van der Waals surface area (Å²) in [6, 6.07) is 18.9. The Morgan fingerprint density at radius 3 is 2.19 bits per heavy atom. The summed E-state index contributed by atoms with van der Waals surface area (Å²) in [5, 5.41) is 7.52. The summed E-state index contributed by atoms with van der Waals surface area (Å²) < 4.78 is 18.5. The van der Waals surface area contributed by atoms with Crippen LogP contribution in [0.15, 0.2) is 89.6 Å². The van der Waals surface area contributed by atoms with Gasteiger partial charge in [0.05, 0.1) is 6.26 Å². The van der Waals surface area contributed by atoms with E-state index in [0.29, 0.717) is 5.56 Å². The van der Waals surface area contributed by atoms with Crippen LogP contribution < -0.4 is 21.7 Å². The highest BCUT2D eigenvalue weighted by molar-refractivity contribution is 7.59. The standard InChI is InChI=1S/C30H35N4O7P/c1-2-23(29(37)33-24(28(31)36)16-9-15-21-11-5-3-6-12-21)32-26(35)20-42(39,40)27(19-22-13-7-4-8-14-22)34-30(38)25-17-10-18-41-25/h3-15,17-18,23-24,27H,2,16,19-20H2,1H3,(H2,31,36)(H,32,35)(H,33,37)(H,34,38)(H,39,40)/b15-9+/t23-,24-,27?/m0/s1. The number of nitrogens with two attached hydrogens (primary N) is 1. The first kappa shape index (κ1) is 32.0. The topological polar surface area (TPSA) is 181 Å². The third-order valence-electron chi connectivity index (χ3n) is 6.37. The molecule has 3 aromatic rings. The molecule has 0 spiro atoms.